The van der Waals surface area contributed by atoms with Gasteiger partial charge in [0.25, 0.3) is 0 Å². The van der Waals surface area contributed by atoms with Gasteiger partial charge in [0.2, 0.25) is 0 Å². The van der Waals surface area contributed by atoms with E-state index in [1.165, 1.54) is 12.1 Å². The van der Waals surface area contributed by atoms with Gasteiger partial charge in [0.05, 0.1) is 6.26 Å². The second-order valence-corrected chi connectivity index (χ2v) is 6.53. The number of benzene rings is 1. The van der Waals surface area contributed by atoms with Crippen LogP contribution in [0, 0.1) is 5.82 Å². The van der Waals surface area contributed by atoms with Gasteiger partial charge in [0.15, 0.2) is 5.96 Å². The Hall–Kier alpha value is -1.61. The molecule has 2 heterocycles. The summed E-state index contributed by atoms with van der Waals surface area (Å²) < 4.78 is 24.3. The standard InChI is InChI=1S/C20H26FN3O2.HI/c1-2-22-19(23-14-18-4-3-11-26-18)24-15-20(9-12-25-13-10-20)16-5-7-17(21)8-6-16;/h3-8,11H,2,9-10,12-15H2,1H3,(H2,22,23,24);1H. The molecule has 148 valence electrons. The topological polar surface area (TPSA) is 58.8 Å². The molecule has 1 saturated heterocycles. The van der Waals surface area contributed by atoms with Crippen molar-refractivity contribution in [1.82, 2.24) is 10.6 Å². The molecule has 3 rings (SSSR count). The Morgan fingerprint density at radius 2 is 1.89 bits per heavy atom. The molecule has 0 atom stereocenters. The molecule has 0 amide bonds. The quantitative estimate of drug-likeness (QED) is 0.370. The van der Waals surface area contributed by atoms with E-state index in [2.05, 4.69) is 15.6 Å². The summed E-state index contributed by atoms with van der Waals surface area (Å²) in [6.45, 7) is 5.42. The fourth-order valence-corrected chi connectivity index (χ4v) is 3.29. The normalized spacial score (nSPS) is 16.4. The van der Waals surface area contributed by atoms with Crippen LogP contribution in [0.15, 0.2) is 52.1 Å². The van der Waals surface area contributed by atoms with Crippen LogP contribution in [0.5, 0.6) is 0 Å². The summed E-state index contributed by atoms with van der Waals surface area (Å²) in [5, 5.41) is 6.72. The average Bonchev–Trinajstić information content (AvgIpc) is 3.19. The zero-order valence-corrected chi connectivity index (χ0v) is 17.9. The van der Waals surface area contributed by atoms with Crippen molar-refractivity contribution in [2.24, 2.45) is 4.99 Å². The summed E-state index contributed by atoms with van der Waals surface area (Å²) in [4.78, 5) is 4.59. The molecule has 27 heavy (non-hydrogen) atoms. The molecule has 5 nitrogen and oxygen atoms in total. The molecule has 1 aromatic carbocycles. The fourth-order valence-electron chi connectivity index (χ4n) is 3.29. The van der Waals surface area contributed by atoms with E-state index >= 15 is 0 Å². The molecule has 2 aromatic rings. The second kappa shape index (κ2) is 10.7. The van der Waals surface area contributed by atoms with Crippen molar-refractivity contribution in [2.75, 3.05) is 26.3 Å². The van der Waals surface area contributed by atoms with E-state index in [1.807, 2.05) is 31.2 Å². The van der Waals surface area contributed by atoms with Gasteiger partial charge < -0.3 is 19.8 Å². The van der Waals surface area contributed by atoms with Crippen LogP contribution in [0.1, 0.15) is 31.1 Å². The van der Waals surface area contributed by atoms with Gasteiger partial charge in [-0.3, -0.25) is 0 Å². The number of hydrogen-bond donors (Lipinski definition) is 2. The van der Waals surface area contributed by atoms with Gasteiger partial charge in [-0.25, -0.2) is 9.38 Å². The molecule has 2 N–H and O–H groups in total. The van der Waals surface area contributed by atoms with Crippen LogP contribution in [0.3, 0.4) is 0 Å². The number of aliphatic imine (C=N–C) groups is 1. The highest BCUT2D eigenvalue weighted by Crippen LogP contribution is 2.34. The Morgan fingerprint density at radius 3 is 2.52 bits per heavy atom. The Bertz CT molecular complexity index is 699. The lowest BCUT2D eigenvalue weighted by atomic mass is 9.74. The number of furan rings is 1. The number of nitrogens with one attached hydrogen (secondary N) is 2. The minimum Gasteiger partial charge on any atom is -0.467 e. The van der Waals surface area contributed by atoms with E-state index < -0.39 is 0 Å². The minimum absolute atomic E-state index is 0. The monoisotopic (exact) mass is 487 g/mol. The Balaban J connectivity index is 0.00000261. The lowest BCUT2D eigenvalue weighted by molar-refractivity contribution is 0.0513. The number of ether oxygens (including phenoxy) is 1. The minimum atomic E-state index is -0.211. The number of hydrogen-bond acceptors (Lipinski definition) is 3. The van der Waals surface area contributed by atoms with Gasteiger partial charge in [0, 0.05) is 31.7 Å². The van der Waals surface area contributed by atoms with Crippen molar-refractivity contribution in [3.05, 3.63) is 59.8 Å². The third-order valence-corrected chi connectivity index (χ3v) is 4.82. The van der Waals surface area contributed by atoms with Gasteiger partial charge in [-0.1, -0.05) is 12.1 Å². The van der Waals surface area contributed by atoms with Gasteiger partial charge in [-0.05, 0) is 49.6 Å². The molecule has 7 heteroatoms. The Labute approximate surface area is 176 Å². The highest BCUT2D eigenvalue weighted by molar-refractivity contribution is 14.0. The molecule has 0 saturated carbocycles. The maximum atomic E-state index is 13.3. The van der Waals surface area contributed by atoms with Crippen molar-refractivity contribution in [1.29, 1.82) is 0 Å². The molecule has 1 aliphatic heterocycles. The number of nitrogens with zero attached hydrogens (tertiary/aromatic N) is 1. The predicted octanol–water partition coefficient (Wildman–Crippen LogP) is 3.84. The van der Waals surface area contributed by atoms with Crippen LogP contribution in [0.4, 0.5) is 4.39 Å². The molecule has 0 spiro atoms. The Morgan fingerprint density at radius 1 is 1.15 bits per heavy atom. The van der Waals surface area contributed by atoms with Gasteiger partial charge in [-0.2, -0.15) is 0 Å². The van der Waals surface area contributed by atoms with Crippen molar-refractivity contribution in [2.45, 2.75) is 31.7 Å². The number of rotatable bonds is 6. The Kier molecular flexibility index (Phi) is 8.56. The zero-order valence-electron chi connectivity index (χ0n) is 15.5. The number of halogens is 2. The van der Waals surface area contributed by atoms with E-state index in [-0.39, 0.29) is 35.2 Å². The lowest BCUT2D eigenvalue weighted by Gasteiger charge is -2.38. The van der Waals surface area contributed by atoms with E-state index in [1.54, 1.807) is 6.26 Å². The maximum Gasteiger partial charge on any atom is 0.191 e. The molecular formula is C20H27FIN3O2. The maximum absolute atomic E-state index is 13.3. The first-order valence-corrected chi connectivity index (χ1v) is 9.10. The van der Waals surface area contributed by atoms with Crippen LogP contribution < -0.4 is 10.6 Å². The molecule has 0 radical (unpaired) electrons. The first-order valence-electron chi connectivity index (χ1n) is 9.10. The first-order chi connectivity index (χ1) is 12.7. The zero-order chi connectivity index (χ0) is 18.2. The van der Waals surface area contributed by atoms with Gasteiger partial charge in [0.1, 0.15) is 18.1 Å². The van der Waals surface area contributed by atoms with E-state index in [4.69, 9.17) is 9.15 Å². The average molecular weight is 487 g/mol. The summed E-state index contributed by atoms with van der Waals surface area (Å²) >= 11 is 0. The summed E-state index contributed by atoms with van der Waals surface area (Å²) in [5.74, 6) is 1.36. The molecule has 0 aliphatic carbocycles. The molecule has 1 fully saturated rings. The third kappa shape index (κ3) is 5.93. The smallest absolute Gasteiger partial charge is 0.191 e. The summed E-state index contributed by atoms with van der Waals surface area (Å²) in [6.07, 6.45) is 3.43. The molecule has 0 bridgehead atoms. The second-order valence-electron chi connectivity index (χ2n) is 6.53. The van der Waals surface area contributed by atoms with Crippen molar-refractivity contribution >= 4 is 29.9 Å². The van der Waals surface area contributed by atoms with Crippen molar-refractivity contribution < 1.29 is 13.5 Å². The summed E-state index contributed by atoms with van der Waals surface area (Å²) in [5.41, 5.74) is 1.05. The van der Waals surface area contributed by atoms with Crippen LogP contribution in [-0.2, 0) is 16.7 Å². The fraction of sp³-hybridized carbons (Fsp3) is 0.450. The largest absolute Gasteiger partial charge is 0.467 e. The van der Waals surface area contributed by atoms with Gasteiger partial charge >= 0.3 is 0 Å². The van der Waals surface area contributed by atoms with E-state index in [9.17, 15) is 4.39 Å². The lowest BCUT2D eigenvalue weighted by Crippen LogP contribution is -2.48. The highest BCUT2D eigenvalue weighted by atomic mass is 127. The van der Waals surface area contributed by atoms with E-state index in [0.717, 1.165) is 36.7 Å². The highest BCUT2D eigenvalue weighted by Gasteiger charge is 2.34. The molecule has 1 aliphatic rings. The van der Waals surface area contributed by atoms with Gasteiger partial charge in [-0.15, -0.1) is 24.0 Å². The third-order valence-electron chi connectivity index (χ3n) is 4.82. The molecule has 0 unspecified atom stereocenters. The first kappa shape index (κ1) is 21.7. The SMILES string of the molecule is CCNC(=NCc1ccco1)NCC1(c2ccc(F)cc2)CCOCC1.I. The summed E-state index contributed by atoms with van der Waals surface area (Å²) in [7, 11) is 0. The van der Waals surface area contributed by atoms with Crippen LogP contribution in [0.2, 0.25) is 0 Å². The van der Waals surface area contributed by atoms with Crippen molar-refractivity contribution in [3.8, 4) is 0 Å². The predicted molar refractivity (Wildman–Crippen MR) is 115 cm³/mol. The van der Waals surface area contributed by atoms with Crippen LogP contribution >= 0.6 is 24.0 Å². The molecular weight excluding hydrogens is 460 g/mol. The van der Waals surface area contributed by atoms with E-state index in [0.29, 0.717) is 26.3 Å². The van der Waals surface area contributed by atoms with Crippen LogP contribution in [-0.4, -0.2) is 32.3 Å². The van der Waals surface area contributed by atoms with Crippen molar-refractivity contribution in [3.63, 3.8) is 0 Å². The molecule has 1 aromatic heterocycles. The number of guanidine groups is 1. The summed E-state index contributed by atoms with van der Waals surface area (Å²) in [6, 6.07) is 10.6. The van der Waals surface area contributed by atoms with Crippen LogP contribution in [0.25, 0.3) is 0 Å².